The van der Waals surface area contributed by atoms with E-state index < -0.39 is 0 Å². The molecule has 2 N–H and O–H groups in total. The number of hydrogen-bond donors (Lipinski definition) is 2. The number of pyridine rings is 1. The minimum Gasteiger partial charge on any atom is -0.352 e. The number of aromatic amines is 1. The largest absolute Gasteiger partial charge is 0.352 e. The van der Waals surface area contributed by atoms with Gasteiger partial charge in [0.05, 0.1) is 10.7 Å². The lowest BCUT2D eigenvalue weighted by Gasteiger charge is -2.11. The van der Waals surface area contributed by atoms with Gasteiger partial charge in [0.25, 0.3) is 5.56 Å². The first kappa shape index (κ1) is 19.8. The van der Waals surface area contributed by atoms with Gasteiger partial charge in [0.1, 0.15) is 5.82 Å². The average Bonchev–Trinajstić information content (AvgIpc) is 2.66. The third-order valence-corrected chi connectivity index (χ3v) is 4.52. The molecule has 28 heavy (non-hydrogen) atoms. The zero-order chi connectivity index (χ0) is 20.3. The molecular weight excluding hydrogens is 376 g/mol. The summed E-state index contributed by atoms with van der Waals surface area (Å²) in [5, 5.41) is 3.33. The maximum Gasteiger partial charge on any atom is 0.251 e. The van der Waals surface area contributed by atoms with Crippen LogP contribution in [0.2, 0.25) is 5.02 Å². The predicted molar refractivity (Wildman–Crippen MR) is 110 cm³/mol. The number of carbonyl (C=O) groups is 1. The van der Waals surface area contributed by atoms with Crippen molar-refractivity contribution in [1.82, 2.24) is 20.3 Å². The number of hydrogen-bond acceptors (Lipinski definition) is 4. The summed E-state index contributed by atoms with van der Waals surface area (Å²) >= 11 is 6.36. The Morgan fingerprint density at radius 1 is 1.21 bits per heavy atom. The van der Waals surface area contributed by atoms with Gasteiger partial charge < -0.3 is 10.3 Å². The molecule has 2 heterocycles. The Balaban J connectivity index is 1.98. The van der Waals surface area contributed by atoms with E-state index in [-0.39, 0.29) is 17.4 Å². The van der Waals surface area contributed by atoms with Gasteiger partial charge in [-0.1, -0.05) is 31.5 Å². The Morgan fingerprint density at radius 3 is 2.71 bits per heavy atom. The highest BCUT2D eigenvalue weighted by Crippen LogP contribution is 2.27. The van der Waals surface area contributed by atoms with E-state index in [0.29, 0.717) is 28.6 Å². The van der Waals surface area contributed by atoms with Crippen LogP contribution in [0, 0.1) is 12.8 Å². The first-order valence-corrected chi connectivity index (χ1v) is 9.31. The monoisotopic (exact) mass is 396 g/mol. The number of aromatic nitrogens is 3. The Morgan fingerprint density at radius 2 is 2.00 bits per heavy atom. The van der Waals surface area contributed by atoms with E-state index in [2.05, 4.69) is 20.3 Å². The Kier molecular flexibility index (Phi) is 5.90. The number of H-pyrrole nitrogens is 1. The molecule has 0 unspecified atom stereocenters. The molecule has 0 saturated carbocycles. The molecule has 0 saturated heterocycles. The standard InChI is InChI=1S/C21H21ClN4O2/c1-12(2)21(28)24-10-14-4-5-17(22)16(7-14)20-25-18(8-19(27)26-20)15-6-13(3)9-23-11-15/h4-9,11-12H,10H2,1-3H3,(H,24,28)(H,25,26,27). The smallest absolute Gasteiger partial charge is 0.251 e. The van der Waals surface area contributed by atoms with Crippen molar-refractivity contribution in [3.63, 3.8) is 0 Å². The van der Waals surface area contributed by atoms with Crippen molar-refractivity contribution in [3.8, 4) is 22.6 Å². The van der Waals surface area contributed by atoms with Gasteiger partial charge in [-0.05, 0) is 36.2 Å². The number of halogens is 1. The lowest BCUT2D eigenvalue weighted by atomic mass is 10.1. The number of rotatable bonds is 5. The van der Waals surface area contributed by atoms with E-state index in [1.807, 2.05) is 39.0 Å². The van der Waals surface area contributed by atoms with Gasteiger partial charge in [-0.25, -0.2) is 4.98 Å². The summed E-state index contributed by atoms with van der Waals surface area (Å²) in [7, 11) is 0. The molecule has 7 heteroatoms. The van der Waals surface area contributed by atoms with Gasteiger partial charge in [0.15, 0.2) is 0 Å². The highest BCUT2D eigenvalue weighted by molar-refractivity contribution is 6.33. The quantitative estimate of drug-likeness (QED) is 0.687. The van der Waals surface area contributed by atoms with Crippen LogP contribution in [0.15, 0.2) is 47.5 Å². The number of aryl methyl sites for hydroxylation is 1. The van der Waals surface area contributed by atoms with Crippen LogP contribution in [0.1, 0.15) is 25.0 Å². The summed E-state index contributed by atoms with van der Waals surface area (Å²) in [6, 6.07) is 8.73. The Bertz CT molecular complexity index is 1080. The van der Waals surface area contributed by atoms with Gasteiger partial charge in [-0.15, -0.1) is 0 Å². The molecule has 3 aromatic rings. The summed E-state index contributed by atoms with van der Waals surface area (Å²) in [6.07, 6.45) is 3.40. The topological polar surface area (TPSA) is 87.7 Å². The highest BCUT2D eigenvalue weighted by Gasteiger charge is 2.12. The first-order chi connectivity index (χ1) is 13.3. The van der Waals surface area contributed by atoms with Crippen LogP contribution in [0.25, 0.3) is 22.6 Å². The van der Waals surface area contributed by atoms with Crippen molar-refractivity contribution in [2.75, 3.05) is 0 Å². The van der Waals surface area contributed by atoms with Gasteiger partial charge in [-0.2, -0.15) is 0 Å². The first-order valence-electron chi connectivity index (χ1n) is 8.93. The molecule has 0 spiro atoms. The molecule has 3 rings (SSSR count). The minimum atomic E-state index is -0.281. The summed E-state index contributed by atoms with van der Waals surface area (Å²) in [4.78, 5) is 35.5. The second-order valence-corrected chi connectivity index (χ2v) is 7.32. The number of nitrogens with one attached hydrogen (secondary N) is 2. The van der Waals surface area contributed by atoms with Gasteiger partial charge in [-0.3, -0.25) is 14.6 Å². The van der Waals surface area contributed by atoms with Crippen LogP contribution < -0.4 is 10.9 Å². The molecule has 0 bridgehead atoms. The van der Waals surface area contributed by atoms with Crippen LogP contribution in [0.5, 0.6) is 0 Å². The van der Waals surface area contributed by atoms with E-state index in [0.717, 1.165) is 16.7 Å². The number of amides is 1. The van der Waals surface area contributed by atoms with E-state index in [9.17, 15) is 9.59 Å². The zero-order valence-electron chi connectivity index (χ0n) is 15.9. The van der Waals surface area contributed by atoms with Crippen molar-refractivity contribution in [2.24, 2.45) is 5.92 Å². The van der Waals surface area contributed by atoms with Crippen LogP contribution >= 0.6 is 11.6 Å². The number of carbonyl (C=O) groups excluding carboxylic acids is 1. The maximum atomic E-state index is 12.2. The molecule has 1 amide bonds. The van der Waals surface area contributed by atoms with Crippen LogP contribution in [-0.2, 0) is 11.3 Å². The molecular formula is C21H21ClN4O2. The molecule has 2 aromatic heterocycles. The molecule has 0 fully saturated rings. The minimum absolute atomic E-state index is 0.0306. The van der Waals surface area contributed by atoms with Crippen molar-refractivity contribution in [2.45, 2.75) is 27.3 Å². The highest BCUT2D eigenvalue weighted by atomic mass is 35.5. The second-order valence-electron chi connectivity index (χ2n) is 6.92. The van der Waals surface area contributed by atoms with Gasteiger partial charge in [0, 0.05) is 42.0 Å². The number of benzene rings is 1. The third kappa shape index (κ3) is 4.64. The summed E-state index contributed by atoms with van der Waals surface area (Å²) in [5.74, 6) is 0.243. The van der Waals surface area contributed by atoms with Crippen LogP contribution in [-0.4, -0.2) is 20.9 Å². The molecule has 0 aliphatic rings. The lowest BCUT2D eigenvalue weighted by molar-refractivity contribution is -0.124. The van der Waals surface area contributed by atoms with Crippen molar-refractivity contribution in [3.05, 3.63) is 69.2 Å². The average molecular weight is 397 g/mol. The van der Waals surface area contributed by atoms with Crippen LogP contribution in [0.3, 0.4) is 0 Å². The Hall–Kier alpha value is -2.99. The van der Waals surface area contributed by atoms with Gasteiger partial charge in [0.2, 0.25) is 5.91 Å². The molecule has 0 aliphatic heterocycles. The van der Waals surface area contributed by atoms with Crippen molar-refractivity contribution in [1.29, 1.82) is 0 Å². The fraction of sp³-hybridized carbons (Fsp3) is 0.238. The molecule has 6 nitrogen and oxygen atoms in total. The predicted octanol–water partition coefficient (Wildman–Crippen LogP) is 3.73. The molecule has 0 atom stereocenters. The maximum absolute atomic E-state index is 12.2. The normalized spacial score (nSPS) is 10.9. The summed E-state index contributed by atoms with van der Waals surface area (Å²) < 4.78 is 0. The number of nitrogens with zero attached hydrogens (tertiary/aromatic N) is 2. The van der Waals surface area contributed by atoms with Gasteiger partial charge >= 0.3 is 0 Å². The lowest BCUT2D eigenvalue weighted by Crippen LogP contribution is -2.27. The zero-order valence-corrected chi connectivity index (χ0v) is 16.7. The van der Waals surface area contributed by atoms with Crippen molar-refractivity contribution >= 4 is 17.5 Å². The third-order valence-electron chi connectivity index (χ3n) is 4.19. The fourth-order valence-corrected chi connectivity index (χ4v) is 2.89. The van der Waals surface area contributed by atoms with E-state index in [1.165, 1.54) is 6.07 Å². The van der Waals surface area contributed by atoms with Crippen LogP contribution in [0.4, 0.5) is 0 Å². The summed E-state index contributed by atoms with van der Waals surface area (Å²) in [5.41, 5.74) is 3.42. The van der Waals surface area contributed by atoms with E-state index >= 15 is 0 Å². The molecule has 0 aliphatic carbocycles. The Labute approximate surface area is 168 Å². The molecule has 0 radical (unpaired) electrons. The fourth-order valence-electron chi connectivity index (χ4n) is 2.69. The molecule has 1 aromatic carbocycles. The summed E-state index contributed by atoms with van der Waals surface area (Å²) in [6.45, 7) is 5.97. The second kappa shape index (κ2) is 8.35. The van der Waals surface area contributed by atoms with Crippen molar-refractivity contribution < 1.29 is 4.79 Å². The molecule has 144 valence electrons. The van der Waals surface area contributed by atoms with E-state index in [1.54, 1.807) is 18.5 Å². The van der Waals surface area contributed by atoms with E-state index in [4.69, 9.17) is 11.6 Å². The SMILES string of the molecule is Cc1cncc(-c2cc(=O)[nH]c(-c3cc(CNC(=O)C(C)C)ccc3Cl)n2)c1.